The van der Waals surface area contributed by atoms with E-state index in [1.807, 2.05) is 0 Å². The third kappa shape index (κ3) is 3.66. The number of hydrogen-bond donors (Lipinski definition) is 0. The third-order valence-corrected chi connectivity index (χ3v) is 8.13. The minimum Gasteiger partial charge on any atom is -0.289 e. The fraction of sp³-hybridized carbons (Fsp3) is 0.188. The second kappa shape index (κ2) is 6.17. The molecule has 2 rings (SSSR count). The van der Waals surface area contributed by atoms with Crippen LogP contribution in [0.1, 0.15) is 0 Å². The van der Waals surface area contributed by atoms with Crippen molar-refractivity contribution < 1.29 is 22.2 Å². The van der Waals surface area contributed by atoms with Crippen LogP contribution >= 0.6 is 23.2 Å². The molecule has 0 saturated carbocycles. The highest BCUT2D eigenvalue weighted by Crippen LogP contribution is 2.43. The van der Waals surface area contributed by atoms with Gasteiger partial charge in [0.2, 0.25) is 5.78 Å². The highest BCUT2D eigenvalue weighted by molar-refractivity contribution is 8.20. The smallest absolute Gasteiger partial charge is 0.289 e. The lowest BCUT2D eigenvalue weighted by molar-refractivity contribution is -0.168. The molecule has 0 aliphatic heterocycles. The SMILES string of the molecule is CS(=O)(CC(=O)C(F)(F)F)(c1ccc(Cl)cc1)c1ccc(Cl)cc1. The summed E-state index contributed by atoms with van der Waals surface area (Å²) in [7, 11) is -4.35. The molecule has 130 valence electrons. The van der Waals surface area contributed by atoms with Gasteiger partial charge in [0, 0.05) is 26.1 Å². The molecule has 0 saturated heterocycles. The molecule has 0 heterocycles. The Kier molecular flexibility index (Phi) is 4.87. The predicted molar refractivity (Wildman–Crippen MR) is 89.4 cm³/mol. The molecule has 2 aromatic rings. The molecular formula is C16H13Cl2F3O2S. The quantitative estimate of drug-likeness (QED) is 0.728. The van der Waals surface area contributed by atoms with Crippen molar-refractivity contribution in [2.45, 2.75) is 16.0 Å². The predicted octanol–water partition coefficient (Wildman–Crippen LogP) is 4.99. The second-order valence-corrected chi connectivity index (χ2v) is 10.7. The van der Waals surface area contributed by atoms with Gasteiger partial charge in [-0.25, -0.2) is 0 Å². The highest BCUT2D eigenvalue weighted by Gasteiger charge is 2.47. The summed E-state index contributed by atoms with van der Waals surface area (Å²) in [5, 5.41) is 0.679. The van der Waals surface area contributed by atoms with Crippen LogP contribution in [0.3, 0.4) is 0 Å². The Hall–Kier alpha value is -1.37. The number of halogens is 5. The maximum absolute atomic E-state index is 13.9. The van der Waals surface area contributed by atoms with Crippen molar-refractivity contribution in [1.82, 2.24) is 0 Å². The molecule has 0 amide bonds. The fourth-order valence-corrected chi connectivity index (χ4v) is 5.63. The number of carbonyl (C=O) groups is 1. The second-order valence-electron chi connectivity index (χ2n) is 5.51. The lowest BCUT2D eigenvalue weighted by Gasteiger charge is -2.39. The van der Waals surface area contributed by atoms with Crippen LogP contribution in [0.2, 0.25) is 10.0 Å². The van der Waals surface area contributed by atoms with Gasteiger partial charge in [0.15, 0.2) is 0 Å². The van der Waals surface area contributed by atoms with Crippen LogP contribution in [0.15, 0.2) is 58.3 Å². The van der Waals surface area contributed by atoms with E-state index >= 15 is 0 Å². The molecule has 0 aliphatic rings. The first kappa shape index (κ1) is 19.0. The van der Waals surface area contributed by atoms with Crippen LogP contribution in [0.4, 0.5) is 13.2 Å². The first-order valence-electron chi connectivity index (χ1n) is 6.67. The van der Waals surface area contributed by atoms with Crippen molar-refractivity contribution in [1.29, 1.82) is 0 Å². The third-order valence-electron chi connectivity index (χ3n) is 3.66. The summed E-state index contributed by atoms with van der Waals surface area (Å²) in [4.78, 5) is 11.8. The first-order valence-corrected chi connectivity index (χ1v) is 9.97. The fourth-order valence-electron chi connectivity index (χ4n) is 2.28. The standard InChI is InChI=1S/C16H13Cl2F3O2S/c1-24(23,10-15(22)16(19,20)21,13-6-2-11(17)3-7-13)14-8-4-12(18)5-9-14/h2-9H,10H2,1H3. The normalized spacial score (nSPS) is 14.0. The molecule has 0 aliphatic carbocycles. The Morgan fingerprint density at radius 2 is 1.25 bits per heavy atom. The van der Waals surface area contributed by atoms with Crippen LogP contribution in [0.25, 0.3) is 0 Å². The molecule has 0 spiro atoms. The summed E-state index contributed by atoms with van der Waals surface area (Å²) in [5.74, 6) is -3.23. The Morgan fingerprint density at radius 3 is 1.54 bits per heavy atom. The molecule has 2 aromatic carbocycles. The Labute approximate surface area is 147 Å². The van der Waals surface area contributed by atoms with Crippen molar-refractivity contribution >= 4 is 38.1 Å². The molecule has 0 atom stereocenters. The molecule has 0 N–H and O–H groups in total. The van der Waals surface area contributed by atoms with Crippen molar-refractivity contribution in [3.63, 3.8) is 0 Å². The van der Waals surface area contributed by atoms with E-state index < -0.39 is 26.8 Å². The summed E-state index contributed by atoms with van der Waals surface area (Å²) in [6, 6.07) is 11.2. The van der Waals surface area contributed by atoms with E-state index in [2.05, 4.69) is 0 Å². The molecule has 0 unspecified atom stereocenters. The van der Waals surface area contributed by atoms with Gasteiger partial charge in [-0.3, -0.25) is 9.00 Å². The molecule has 0 aromatic heterocycles. The molecule has 8 heteroatoms. The summed E-state index contributed by atoms with van der Waals surface area (Å²) in [5.41, 5.74) is 0. The van der Waals surface area contributed by atoms with Crippen molar-refractivity contribution in [2.24, 2.45) is 0 Å². The van der Waals surface area contributed by atoms with Crippen LogP contribution < -0.4 is 0 Å². The summed E-state index contributed by atoms with van der Waals surface area (Å²) in [6.45, 7) is 0. The van der Waals surface area contributed by atoms with E-state index in [-0.39, 0.29) is 9.79 Å². The number of Topliss-reactive ketones (excluding diaryl/α,β-unsaturated/α-hetero) is 1. The van der Waals surface area contributed by atoms with Crippen molar-refractivity contribution in [3.8, 4) is 0 Å². The maximum atomic E-state index is 13.9. The van der Waals surface area contributed by atoms with Gasteiger partial charge in [0.1, 0.15) is 0 Å². The number of hydrogen-bond acceptors (Lipinski definition) is 2. The van der Waals surface area contributed by atoms with Crippen LogP contribution in [-0.2, 0) is 13.9 Å². The van der Waals surface area contributed by atoms with E-state index in [4.69, 9.17) is 23.2 Å². The zero-order valence-corrected chi connectivity index (χ0v) is 14.8. The van der Waals surface area contributed by atoms with Crippen molar-refractivity contribution in [2.75, 3.05) is 12.0 Å². The lowest BCUT2D eigenvalue weighted by atomic mass is 10.4. The first-order chi connectivity index (χ1) is 10.9. The van der Waals surface area contributed by atoms with E-state index in [1.54, 1.807) is 0 Å². The number of benzene rings is 2. The average Bonchev–Trinajstić information content (AvgIpc) is 2.47. The van der Waals surface area contributed by atoms with Gasteiger partial charge in [-0.15, -0.1) is 0 Å². The van der Waals surface area contributed by atoms with E-state index in [1.165, 1.54) is 54.8 Å². The van der Waals surface area contributed by atoms with Gasteiger partial charge in [0.25, 0.3) is 0 Å². The largest absolute Gasteiger partial charge is 0.450 e. The number of ketones is 1. The number of alkyl halides is 3. The maximum Gasteiger partial charge on any atom is 0.450 e. The van der Waals surface area contributed by atoms with Gasteiger partial charge in [-0.2, -0.15) is 13.2 Å². The van der Waals surface area contributed by atoms with Gasteiger partial charge in [-0.05, 0) is 57.6 Å². The molecular weight excluding hydrogens is 384 g/mol. The zero-order chi connectivity index (χ0) is 18.2. The van der Waals surface area contributed by atoms with Gasteiger partial charge in [-0.1, -0.05) is 23.2 Å². The lowest BCUT2D eigenvalue weighted by Crippen LogP contribution is -2.43. The van der Waals surface area contributed by atoms with Crippen LogP contribution in [-0.4, -0.2) is 28.2 Å². The van der Waals surface area contributed by atoms with Gasteiger partial charge in [0.05, 0.1) is 5.75 Å². The topological polar surface area (TPSA) is 34.1 Å². The highest BCUT2D eigenvalue weighted by atomic mass is 35.5. The van der Waals surface area contributed by atoms with Crippen LogP contribution in [0.5, 0.6) is 0 Å². The Morgan fingerprint density at radius 1 is 0.917 bits per heavy atom. The number of rotatable bonds is 4. The monoisotopic (exact) mass is 396 g/mol. The minimum absolute atomic E-state index is 0.108. The van der Waals surface area contributed by atoms with Crippen molar-refractivity contribution in [3.05, 3.63) is 58.6 Å². The number of carbonyl (C=O) groups excluding carboxylic acids is 1. The summed E-state index contributed by atoms with van der Waals surface area (Å²) < 4.78 is 52.3. The minimum atomic E-state index is -5.07. The van der Waals surface area contributed by atoms with Crippen LogP contribution in [0, 0.1) is 0 Å². The average molecular weight is 397 g/mol. The summed E-state index contributed by atoms with van der Waals surface area (Å²) >= 11 is 11.6. The molecule has 24 heavy (non-hydrogen) atoms. The van der Waals surface area contributed by atoms with Gasteiger partial charge >= 0.3 is 6.18 Å². The van der Waals surface area contributed by atoms with E-state index in [0.717, 1.165) is 0 Å². The van der Waals surface area contributed by atoms with E-state index in [9.17, 15) is 22.2 Å². The molecule has 0 fully saturated rings. The Bertz CT molecular complexity index is 778. The molecule has 0 radical (unpaired) electrons. The van der Waals surface area contributed by atoms with E-state index in [0.29, 0.717) is 10.0 Å². The molecule has 2 nitrogen and oxygen atoms in total. The summed E-state index contributed by atoms with van der Waals surface area (Å²) in [6.07, 6.45) is -3.90. The Balaban J connectivity index is 2.69. The molecule has 0 bridgehead atoms. The zero-order valence-electron chi connectivity index (χ0n) is 12.4. The van der Waals surface area contributed by atoms with Gasteiger partial charge < -0.3 is 0 Å².